The van der Waals surface area contributed by atoms with Crippen LogP contribution in [0, 0.1) is 0 Å². The Balaban J connectivity index is 2.48. The highest BCUT2D eigenvalue weighted by molar-refractivity contribution is 7.14. The van der Waals surface area contributed by atoms with Crippen molar-refractivity contribution in [1.29, 1.82) is 0 Å². The Kier molecular flexibility index (Phi) is 3.39. The number of carbonyl (C=O) groups excluding carboxylic acids is 1. The van der Waals surface area contributed by atoms with Crippen LogP contribution in [-0.4, -0.2) is 23.5 Å². The minimum Gasteiger partial charge on any atom is -0.461 e. The van der Waals surface area contributed by atoms with Crippen LogP contribution in [0.25, 0.3) is 10.8 Å². The van der Waals surface area contributed by atoms with Crippen molar-refractivity contribution in [2.75, 3.05) is 6.61 Å². The Morgan fingerprint density at radius 1 is 1.47 bits per heavy atom. The topological polar surface area (TPSA) is 58.9 Å². The monoisotopic (exact) mass is 249 g/mol. The number of carbonyl (C=O) groups is 1. The molecule has 0 atom stereocenters. The molecule has 0 amide bonds. The zero-order chi connectivity index (χ0) is 12.3. The number of benzene rings is 1. The highest BCUT2D eigenvalue weighted by atomic mass is 32.1. The average Bonchev–Trinajstić information content (AvgIpc) is 2.75. The van der Waals surface area contributed by atoms with E-state index in [9.17, 15) is 4.79 Å². The third-order valence-electron chi connectivity index (χ3n) is 2.29. The van der Waals surface area contributed by atoms with E-state index in [0.29, 0.717) is 4.88 Å². The van der Waals surface area contributed by atoms with Gasteiger partial charge in [0.15, 0.2) is 0 Å². The van der Waals surface area contributed by atoms with Crippen LogP contribution in [0.1, 0.15) is 11.8 Å². The second kappa shape index (κ2) is 4.97. The average molecular weight is 249 g/mol. The zero-order valence-corrected chi connectivity index (χ0v) is 10.0. The maximum atomic E-state index is 11.6. The lowest BCUT2D eigenvalue weighted by Crippen LogP contribution is -2.17. The summed E-state index contributed by atoms with van der Waals surface area (Å²) in [4.78, 5) is 12.2. The molecule has 1 aromatic heterocycles. The van der Waals surface area contributed by atoms with Crippen LogP contribution in [0.4, 0.5) is 0 Å². The molecule has 0 aliphatic heterocycles. The van der Waals surface area contributed by atoms with Gasteiger partial charge in [0.2, 0.25) is 5.71 Å². The number of ether oxygens (including phenoxy) is 1. The van der Waals surface area contributed by atoms with Crippen molar-refractivity contribution in [2.24, 2.45) is 5.16 Å². The number of fused-ring (bicyclic) bond motifs is 1. The van der Waals surface area contributed by atoms with Crippen molar-refractivity contribution in [3.63, 3.8) is 0 Å². The molecule has 1 heterocycles. The fraction of sp³-hybridized carbons (Fsp3) is 0.167. The molecule has 0 radical (unpaired) electrons. The molecule has 0 saturated carbocycles. The number of esters is 1. The Morgan fingerprint density at radius 3 is 2.94 bits per heavy atom. The first-order valence-electron chi connectivity index (χ1n) is 5.13. The van der Waals surface area contributed by atoms with Crippen molar-refractivity contribution < 1.29 is 14.7 Å². The van der Waals surface area contributed by atoms with Crippen LogP contribution in [0.3, 0.4) is 0 Å². The predicted octanol–water partition coefficient (Wildman–Crippen LogP) is 2.64. The number of hydrogen-bond acceptors (Lipinski definition) is 5. The first-order chi connectivity index (χ1) is 8.27. The summed E-state index contributed by atoms with van der Waals surface area (Å²) >= 11 is 1.36. The smallest absolute Gasteiger partial charge is 0.361 e. The van der Waals surface area contributed by atoms with E-state index in [-0.39, 0.29) is 12.3 Å². The lowest BCUT2D eigenvalue weighted by Gasteiger charge is -2.02. The molecule has 1 aromatic carbocycles. The van der Waals surface area contributed by atoms with Crippen LogP contribution >= 0.6 is 11.3 Å². The second-order valence-electron chi connectivity index (χ2n) is 3.32. The van der Waals surface area contributed by atoms with Crippen molar-refractivity contribution in [3.8, 4) is 0 Å². The van der Waals surface area contributed by atoms with Crippen LogP contribution in [0.15, 0.2) is 34.8 Å². The number of oxime groups is 1. The van der Waals surface area contributed by atoms with Gasteiger partial charge in [-0.05, 0) is 17.7 Å². The minimum atomic E-state index is -0.609. The quantitative estimate of drug-likeness (QED) is 0.394. The summed E-state index contributed by atoms with van der Waals surface area (Å²) in [6, 6.07) is 7.61. The van der Waals surface area contributed by atoms with E-state index in [1.54, 1.807) is 6.92 Å². The lowest BCUT2D eigenvalue weighted by molar-refractivity contribution is -0.135. The molecule has 0 unspecified atom stereocenters. The van der Waals surface area contributed by atoms with Crippen molar-refractivity contribution in [1.82, 2.24) is 0 Å². The van der Waals surface area contributed by atoms with E-state index < -0.39 is 5.97 Å². The van der Waals surface area contributed by atoms with E-state index in [0.717, 1.165) is 10.8 Å². The van der Waals surface area contributed by atoms with Gasteiger partial charge in [-0.25, -0.2) is 4.79 Å². The normalized spacial score (nSPS) is 11.7. The summed E-state index contributed by atoms with van der Waals surface area (Å²) in [5, 5.41) is 15.8. The largest absolute Gasteiger partial charge is 0.461 e. The molecule has 0 aliphatic rings. The molecular formula is C12H11NO3S. The summed E-state index contributed by atoms with van der Waals surface area (Å²) < 4.78 is 4.84. The molecule has 0 aliphatic carbocycles. The standard InChI is InChI=1S/C12H11NO3S/c1-2-16-12(14)10(13-15)11-9-6-4-3-5-8(9)7-17-11/h3-7,15H,2H2,1H3/b13-10+. The van der Waals surface area contributed by atoms with Gasteiger partial charge in [0.25, 0.3) is 0 Å². The summed E-state index contributed by atoms with van der Waals surface area (Å²) in [6.45, 7) is 1.96. The van der Waals surface area contributed by atoms with E-state index in [4.69, 9.17) is 9.94 Å². The van der Waals surface area contributed by atoms with Gasteiger partial charge in [0.1, 0.15) is 0 Å². The summed E-state index contributed by atoms with van der Waals surface area (Å²) in [6.07, 6.45) is 0. The maximum Gasteiger partial charge on any atom is 0.361 e. The summed E-state index contributed by atoms with van der Waals surface area (Å²) in [5.41, 5.74) is -0.0435. The Morgan fingerprint density at radius 2 is 2.24 bits per heavy atom. The number of nitrogens with zero attached hydrogens (tertiary/aromatic N) is 1. The number of hydrogen-bond donors (Lipinski definition) is 1. The van der Waals surface area contributed by atoms with E-state index >= 15 is 0 Å². The number of thiophene rings is 1. The third-order valence-corrected chi connectivity index (χ3v) is 3.31. The lowest BCUT2D eigenvalue weighted by atomic mass is 10.1. The molecule has 0 fully saturated rings. The molecule has 0 saturated heterocycles. The fourth-order valence-electron chi connectivity index (χ4n) is 1.55. The van der Waals surface area contributed by atoms with Crippen LogP contribution in [0.2, 0.25) is 0 Å². The molecule has 88 valence electrons. The van der Waals surface area contributed by atoms with Crippen molar-refractivity contribution in [3.05, 3.63) is 34.5 Å². The third kappa shape index (κ3) is 2.14. The van der Waals surface area contributed by atoms with Gasteiger partial charge in [-0.1, -0.05) is 29.4 Å². The van der Waals surface area contributed by atoms with Gasteiger partial charge in [0, 0.05) is 5.39 Å². The van der Waals surface area contributed by atoms with Gasteiger partial charge in [-0.15, -0.1) is 11.3 Å². The second-order valence-corrected chi connectivity index (χ2v) is 4.20. The van der Waals surface area contributed by atoms with E-state index in [2.05, 4.69) is 5.16 Å². The first-order valence-corrected chi connectivity index (χ1v) is 6.01. The summed E-state index contributed by atoms with van der Waals surface area (Å²) in [7, 11) is 0. The van der Waals surface area contributed by atoms with Gasteiger partial charge in [-0.3, -0.25) is 0 Å². The molecule has 4 nitrogen and oxygen atoms in total. The molecule has 17 heavy (non-hydrogen) atoms. The maximum absolute atomic E-state index is 11.6. The van der Waals surface area contributed by atoms with Gasteiger partial charge >= 0.3 is 5.97 Å². The first kappa shape index (κ1) is 11.6. The molecule has 2 rings (SSSR count). The van der Waals surface area contributed by atoms with Crippen molar-refractivity contribution >= 4 is 33.8 Å². The van der Waals surface area contributed by atoms with E-state index in [1.807, 2.05) is 29.6 Å². The minimum absolute atomic E-state index is 0.0435. The van der Waals surface area contributed by atoms with Crippen LogP contribution < -0.4 is 0 Å². The molecule has 5 heteroatoms. The van der Waals surface area contributed by atoms with Crippen LogP contribution in [-0.2, 0) is 9.53 Å². The van der Waals surface area contributed by atoms with Gasteiger partial charge in [0.05, 0.1) is 11.5 Å². The molecule has 0 bridgehead atoms. The van der Waals surface area contributed by atoms with Gasteiger partial charge in [-0.2, -0.15) is 0 Å². The molecular weight excluding hydrogens is 238 g/mol. The molecule has 0 spiro atoms. The zero-order valence-electron chi connectivity index (χ0n) is 9.21. The Bertz CT molecular complexity index is 574. The Labute approximate surface area is 102 Å². The SMILES string of the molecule is CCOC(=O)/C(=N/O)c1scc2ccccc12. The highest BCUT2D eigenvalue weighted by Gasteiger charge is 2.20. The fourth-order valence-corrected chi connectivity index (χ4v) is 2.55. The molecule has 1 N–H and O–H groups in total. The predicted molar refractivity (Wildman–Crippen MR) is 66.8 cm³/mol. The van der Waals surface area contributed by atoms with E-state index in [1.165, 1.54) is 11.3 Å². The highest BCUT2D eigenvalue weighted by Crippen LogP contribution is 2.26. The molecule has 2 aromatic rings. The number of rotatable bonds is 3. The van der Waals surface area contributed by atoms with Crippen LogP contribution in [0.5, 0.6) is 0 Å². The summed E-state index contributed by atoms with van der Waals surface area (Å²) in [5.74, 6) is -0.609. The van der Waals surface area contributed by atoms with Gasteiger partial charge < -0.3 is 9.94 Å². The Hall–Kier alpha value is -1.88. The van der Waals surface area contributed by atoms with Crippen molar-refractivity contribution in [2.45, 2.75) is 6.92 Å².